The van der Waals surface area contributed by atoms with E-state index in [1.54, 1.807) is 0 Å². The summed E-state index contributed by atoms with van der Waals surface area (Å²) >= 11 is 0. The van der Waals surface area contributed by atoms with Crippen molar-refractivity contribution in [3.8, 4) is 0 Å². The lowest BCUT2D eigenvalue weighted by Gasteiger charge is -2.09. The second-order valence-electron chi connectivity index (χ2n) is 4.09. The Labute approximate surface area is 107 Å². The molecule has 0 fully saturated rings. The molecular weight excluding hydrogens is 224 g/mol. The first-order valence-corrected chi connectivity index (χ1v) is 5.71. The highest BCUT2D eigenvalue weighted by molar-refractivity contribution is 6.00. The average molecular weight is 239 g/mol. The molecule has 91 valence electrons. The van der Waals surface area contributed by atoms with Crippen LogP contribution in [0.5, 0.6) is 0 Å². The first kappa shape index (κ1) is 12.2. The Balaban J connectivity index is 2.01. The van der Waals surface area contributed by atoms with Gasteiger partial charge in [0.15, 0.2) is 0 Å². The normalized spacial score (nSPS) is 9.89. The van der Waals surface area contributed by atoms with E-state index in [4.69, 9.17) is 0 Å². The van der Waals surface area contributed by atoms with Gasteiger partial charge in [-0.25, -0.2) is 4.79 Å². The summed E-state index contributed by atoms with van der Waals surface area (Å²) < 4.78 is 0. The van der Waals surface area contributed by atoms with Gasteiger partial charge in [-0.15, -0.1) is 0 Å². The molecule has 0 aliphatic heterocycles. The number of carbonyl (C=O) groups excluding carboxylic acids is 1. The summed E-state index contributed by atoms with van der Waals surface area (Å²) in [6.07, 6.45) is 0. The second-order valence-corrected chi connectivity index (χ2v) is 4.09. The lowest BCUT2D eigenvalue weighted by Crippen LogP contribution is -2.19. The van der Waals surface area contributed by atoms with Crippen molar-refractivity contribution >= 4 is 17.4 Å². The minimum absolute atomic E-state index is 0.249. The molecule has 0 atom stereocenters. The predicted molar refractivity (Wildman–Crippen MR) is 74.7 cm³/mol. The minimum Gasteiger partial charge on any atom is -0.308 e. The van der Waals surface area contributed by atoms with Crippen LogP contribution in [0.25, 0.3) is 0 Å². The number of carbonyl (C=O) groups is 1. The number of hydrogen-bond donors (Lipinski definition) is 2. The molecule has 0 aromatic heterocycles. The number of rotatable bonds is 2. The van der Waals surface area contributed by atoms with Crippen LogP contribution < -0.4 is 10.6 Å². The summed E-state index contributed by atoms with van der Waals surface area (Å²) in [4.78, 5) is 11.8. The molecule has 1 radical (unpaired) electrons. The van der Waals surface area contributed by atoms with Crippen LogP contribution in [0.4, 0.5) is 16.2 Å². The Morgan fingerprint density at radius 2 is 1.67 bits per heavy atom. The Bertz CT molecular complexity index is 547. The van der Waals surface area contributed by atoms with Gasteiger partial charge in [0.25, 0.3) is 0 Å². The zero-order chi connectivity index (χ0) is 13.0. The third-order valence-electron chi connectivity index (χ3n) is 2.61. The number of hydrogen-bond acceptors (Lipinski definition) is 1. The lowest BCUT2D eigenvalue weighted by atomic mass is 10.2. The Morgan fingerprint density at radius 1 is 1.00 bits per heavy atom. The van der Waals surface area contributed by atoms with Gasteiger partial charge in [-0.05, 0) is 43.2 Å². The smallest absolute Gasteiger partial charge is 0.308 e. The van der Waals surface area contributed by atoms with Crippen LogP contribution in [0.15, 0.2) is 48.5 Å². The molecule has 0 saturated carbocycles. The van der Waals surface area contributed by atoms with Crippen LogP contribution in [-0.4, -0.2) is 6.03 Å². The maximum Gasteiger partial charge on any atom is 0.323 e. The van der Waals surface area contributed by atoms with Crippen LogP contribution >= 0.6 is 0 Å². The maximum absolute atomic E-state index is 11.8. The van der Waals surface area contributed by atoms with Crippen LogP contribution in [0, 0.1) is 13.8 Å². The van der Waals surface area contributed by atoms with Crippen molar-refractivity contribution in [2.24, 2.45) is 0 Å². The van der Waals surface area contributed by atoms with Gasteiger partial charge in [-0.3, -0.25) is 0 Å². The van der Waals surface area contributed by atoms with Crippen LogP contribution in [-0.2, 0) is 0 Å². The number of nitrogens with one attached hydrogen (secondary N) is 2. The van der Waals surface area contributed by atoms with Gasteiger partial charge in [0.1, 0.15) is 0 Å². The number of benzene rings is 2. The van der Waals surface area contributed by atoms with E-state index in [0.717, 1.165) is 22.5 Å². The molecular formula is C15H15N2O. The molecule has 18 heavy (non-hydrogen) atoms. The molecule has 3 heteroatoms. The number of para-hydroxylation sites is 1. The molecule has 2 amide bonds. The summed E-state index contributed by atoms with van der Waals surface area (Å²) in [7, 11) is 0. The summed E-state index contributed by atoms with van der Waals surface area (Å²) in [5.41, 5.74) is 3.50. The van der Waals surface area contributed by atoms with Crippen molar-refractivity contribution in [3.63, 3.8) is 0 Å². The van der Waals surface area contributed by atoms with E-state index in [-0.39, 0.29) is 6.03 Å². The van der Waals surface area contributed by atoms with Crippen molar-refractivity contribution in [3.05, 3.63) is 66.6 Å². The average Bonchev–Trinajstić information content (AvgIpc) is 2.35. The highest BCUT2D eigenvalue weighted by atomic mass is 16.2. The number of urea groups is 1. The van der Waals surface area contributed by atoms with Crippen LogP contribution in [0.2, 0.25) is 0 Å². The Morgan fingerprint density at radius 3 is 2.33 bits per heavy atom. The number of aryl methyl sites for hydroxylation is 1. The monoisotopic (exact) mass is 239 g/mol. The number of anilines is 2. The SMILES string of the molecule is [CH2]c1ccc(NC(=O)Nc2ccccc2C)cc1. The maximum atomic E-state index is 11.8. The quantitative estimate of drug-likeness (QED) is 0.821. The summed E-state index contributed by atoms with van der Waals surface area (Å²) in [5, 5.41) is 5.57. The van der Waals surface area contributed by atoms with Gasteiger partial charge in [-0.1, -0.05) is 30.3 Å². The fourth-order valence-electron chi connectivity index (χ4n) is 1.59. The Hall–Kier alpha value is -2.29. The fraction of sp³-hybridized carbons (Fsp3) is 0.0667. The lowest BCUT2D eigenvalue weighted by molar-refractivity contribution is 0.262. The van der Waals surface area contributed by atoms with Gasteiger partial charge in [-0.2, -0.15) is 0 Å². The van der Waals surface area contributed by atoms with Crippen molar-refractivity contribution in [2.45, 2.75) is 6.92 Å². The molecule has 2 N–H and O–H groups in total. The fourth-order valence-corrected chi connectivity index (χ4v) is 1.59. The van der Waals surface area contributed by atoms with Gasteiger partial charge < -0.3 is 10.6 Å². The molecule has 0 aliphatic carbocycles. The summed E-state index contributed by atoms with van der Waals surface area (Å²) in [5.74, 6) is 0. The highest BCUT2D eigenvalue weighted by Crippen LogP contribution is 2.14. The van der Waals surface area contributed by atoms with Crippen molar-refractivity contribution < 1.29 is 4.79 Å². The van der Waals surface area contributed by atoms with Crippen molar-refractivity contribution in [2.75, 3.05) is 10.6 Å². The predicted octanol–water partition coefficient (Wildman–Crippen LogP) is 3.82. The largest absolute Gasteiger partial charge is 0.323 e. The molecule has 2 rings (SSSR count). The minimum atomic E-state index is -0.249. The third-order valence-corrected chi connectivity index (χ3v) is 2.61. The van der Waals surface area contributed by atoms with E-state index in [2.05, 4.69) is 17.6 Å². The Kier molecular flexibility index (Phi) is 3.63. The zero-order valence-corrected chi connectivity index (χ0v) is 10.2. The first-order chi connectivity index (χ1) is 8.65. The standard InChI is InChI=1S/C15H15N2O/c1-11-7-9-13(10-8-11)16-15(18)17-14-6-4-3-5-12(14)2/h3-10H,1H2,2H3,(H2,16,17,18). The molecule has 0 bridgehead atoms. The third kappa shape index (κ3) is 3.10. The topological polar surface area (TPSA) is 41.1 Å². The molecule has 0 aliphatic rings. The summed E-state index contributed by atoms with van der Waals surface area (Å²) in [6, 6.07) is 14.7. The molecule has 0 spiro atoms. The van der Waals surface area contributed by atoms with Crippen molar-refractivity contribution in [1.29, 1.82) is 0 Å². The van der Waals surface area contributed by atoms with E-state index in [1.807, 2.05) is 55.5 Å². The molecule has 3 nitrogen and oxygen atoms in total. The van der Waals surface area contributed by atoms with Crippen molar-refractivity contribution in [1.82, 2.24) is 0 Å². The molecule has 2 aromatic rings. The van der Waals surface area contributed by atoms with Gasteiger partial charge in [0.2, 0.25) is 0 Å². The zero-order valence-electron chi connectivity index (χ0n) is 10.2. The van der Waals surface area contributed by atoms with Gasteiger partial charge in [0, 0.05) is 11.4 Å². The summed E-state index contributed by atoms with van der Waals surface area (Å²) in [6.45, 7) is 5.74. The van der Waals surface area contributed by atoms with Crippen LogP contribution in [0.3, 0.4) is 0 Å². The number of amides is 2. The molecule has 0 saturated heterocycles. The molecule has 0 heterocycles. The van der Waals surface area contributed by atoms with Crippen LogP contribution in [0.1, 0.15) is 11.1 Å². The molecule has 0 unspecified atom stereocenters. The molecule has 2 aromatic carbocycles. The van der Waals surface area contributed by atoms with Gasteiger partial charge >= 0.3 is 6.03 Å². The highest BCUT2D eigenvalue weighted by Gasteiger charge is 2.03. The second kappa shape index (κ2) is 5.36. The van der Waals surface area contributed by atoms with E-state index in [0.29, 0.717) is 0 Å². The van der Waals surface area contributed by atoms with E-state index < -0.39 is 0 Å². The van der Waals surface area contributed by atoms with E-state index in [9.17, 15) is 4.79 Å². The van der Waals surface area contributed by atoms with E-state index >= 15 is 0 Å². The first-order valence-electron chi connectivity index (χ1n) is 5.71. The van der Waals surface area contributed by atoms with E-state index in [1.165, 1.54) is 0 Å². The van der Waals surface area contributed by atoms with Gasteiger partial charge in [0.05, 0.1) is 0 Å².